The lowest BCUT2D eigenvalue weighted by Crippen LogP contribution is -2.33. The molecule has 0 bridgehead atoms. The first-order valence-electron chi connectivity index (χ1n) is 8.75. The number of nitro benzene ring substituents is 1. The van der Waals surface area contributed by atoms with E-state index in [0.29, 0.717) is 19.4 Å². The molecule has 0 saturated heterocycles. The van der Waals surface area contributed by atoms with E-state index in [4.69, 9.17) is 4.74 Å². The van der Waals surface area contributed by atoms with Crippen LogP contribution < -0.4 is 10.6 Å². The van der Waals surface area contributed by atoms with Gasteiger partial charge in [0.25, 0.3) is 5.69 Å². The molecule has 0 aromatic heterocycles. The van der Waals surface area contributed by atoms with Crippen LogP contribution in [0.15, 0.2) is 18.2 Å². The summed E-state index contributed by atoms with van der Waals surface area (Å²) in [6.07, 6.45) is 1.63. The van der Waals surface area contributed by atoms with Crippen LogP contribution in [-0.2, 0) is 4.74 Å². The summed E-state index contributed by atoms with van der Waals surface area (Å²) in [4.78, 5) is 33.4. The number of rotatable bonds is 9. The number of carboxylic acid groups (broad SMARTS) is 1. The van der Waals surface area contributed by atoms with Gasteiger partial charge in [0.1, 0.15) is 11.3 Å². The highest BCUT2D eigenvalue weighted by atomic mass is 16.6. The smallest absolute Gasteiger partial charge is 0.407 e. The van der Waals surface area contributed by atoms with E-state index in [2.05, 4.69) is 10.6 Å². The fourth-order valence-electron chi connectivity index (χ4n) is 2.42. The monoisotopic (exact) mass is 381 g/mol. The first-order chi connectivity index (χ1) is 12.5. The molecule has 0 spiro atoms. The van der Waals surface area contributed by atoms with Crippen LogP contribution in [0.5, 0.6) is 0 Å². The molecule has 3 N–H and O–H groups in total. The molecule has 27 heavy (non-hydrogen) atoms. The van der Waals surface area contributed by atoms with E-state index in [9.17, 15) is 24.8 Å². The fourth-order valence-corrected chi connectivity index (χ4v) is 2.42. The maximum atomic E-state index is 11.5. The minimum Gasteiger partial charge on any atom is -0.478 e. The first-order valence-corrected chi connectivity index (χ1v) is 8.75. The predicted molar refractivity (Wildman–Crippen MR) is 101 cm³/mol. The molecule has 0 fully saturated rings. The summed E-state index contributed by atoms with van der Waals surface area (Å²) >= 11 is 0. The summed E-state index contributed by atoms with van der Waals surface area (Å²) in [5.74, 6) is -1.23. The molecule has 0 aliphatic heterocycles. The Kier molecular flexibility index (Phi) is 8.01. The number of hydrogen-bond donors (Lipinski definition) is 3. The van der Waals surface area contributed by atoms with E-state index in [1.54, 1.807) is 20.8 Å². The van der Waals surface area contributed by atoms with Gasteiger partial charge in [0.15, 0.2) is 0 Å². The number of alkyl carbamates (subject to hydrolysis) is 1. The lowest BCUT2D eigenvalue weighted by atomic mass is 10.1. The molecule has 9 heteroatoms. The van der Waals surface area contributed by atoms with Crippen LogP contribution in [0.2, 0.25) is 0 Å². The van der Waals surface area contributed by atoms with Crippen molar-refractivity contribution in [1.82, 2.24) is 5.32 Å². The van der Waals surface area contributed by atoms with E-state index < -0.39 is 22.6 Å². The van der Waals surface area contributed by atoms with E-state index >= 15 is 0 Å². The first kappa shape index (κ1) is 22.2. The molecule has 1 amide bonds. The van der Waals surface area contributed by atoms with Crippen molar-refractivity contribution in [2.75, 3.05) is 11.9 Å². The summed E-state index contributed by atoms with van der Waals surface area (Å²) in [5.41, 5.74) is -0.945. The van der Waals surface area contributed by atoms with Crippen molar-refractivity contribution in [1.29, 1.82) is 0 Å². The minimum atomic E-state index is -1.23. The fraction of sp³-hybridized carbons (Fsp3) is 0.556. The van der Waals surface area contributed by atoms with Gasteiger partial charge in [0.2, 0.25) is 0 Å². The second-order valence-electron chi connectivity index (χ2n) is 7.23. The van der Waals surface area contributed by atoms with Crippen LogP contribution >= 0.6 is 0 Å². The van der Waals surface area contributed by atoms with Crippen molar-refractivity contribution in [3.05, 3.63) is 33.9 Å². The topological polar surface area (TPSA) is 131 Å². The number of anilines is 1. The van der Waals surface area contributed by atoms with Gasteiger partial charge in [-0.1, -0.05) is 6.07 Å². The number of unbranched alkanes of at least 4 members (excludes halogenated alkanes) is 1. The van der Waals surface area contributed by atoms with Gasteiger partial charge in [-0.3, -0.25) is 10.1 Å². The predicted octanol–water partition coefficient (Wildman–Crippen LogP) is 3.79. The van der Waals surface area contributed by atoms with Crippen molar-refractivity contribution < 1.29 is 24.4 Å². The van der Waals surface area contributed by atoms with Crippen molar-refractivity contribution in [3.63, 3.8) is 0 Å². The second-order valence-corrected chi connectivity index (χ2v) is 7.23. The summed E-state index contributed by atoms with van der Waals surface area (Å²) < 4.78 is 5.13. The summed E-state index contributed by atoms with van der Waals surface area (Å²) in [5, 5.41) is 26.0. The highest BCUT2D eigenvalue weighted by molar-refractivity contribution is 5.96. The van der Waals surface area contributed by atoms with Crippen molar-refractivity contribution in [2.45, 2.75) is 58.6 Å². The van der Waals surface area contributed by atoms with Crippen LogP contribution in [-0.4, -0.2) is 40.3 Å². The van der Waals surface area contributed by atoms with Gasteiger partial charge in [-0.15, -0.1) is 0 Å². The quantitative estimate of drug-likeness (QED) is 0.337. The number of nitrogens with zero attached hydrogens (tertiary/aromatic N) is 1. The molecular weight excluding hydrogens is 354 g/mol. The molecule has 0 saturated carbocycles. The largest absolute Gasteiger partial charge is 0.478 e. The molecule has 9 nitrogen and oxygen atoms in total. The second kappa shape index (κ2) is 9.75. The maximum absolute atomic E-state index is 11.5. The SMILES string of the molecule is CC(CCCCNC(=O)OC(C)(C)C)Nc1c(C(=O)O)cccc1[N+](=O)[O-]. The average Bonchev–Trinajstić information content (AvgIpc) is 2.52. The van der Waals surface area contributed by atoms with Gasteiger partial charge in [0, 0.05) is 18.7 Å². The Hall–Kier alpha value is -2.84. The Balaban J connectivity index is 2.52. The Labute approximate surface area is 158 Å². The summed E-state index contributed by atoms with van der Waals surface area (Å²) in [6, 6.07) is 3.77. The number of benzene rings is 1. The Morgan fingerprint density at radius 2 is 1.96 bits per heavy atom. The third-order valence-corrected chi connectivity index (χ3v) is 3.59. The van der Waals surface area contributed by atoms with Gasteiger partial charge in [-0.05, 0) is 53.0 Å². The van der Waals surface area contributed by atoms with Crippen molar-refractivity contribution >= 4 is 23.4 Å². The third kappa shape index (κ3) is 7.93. The lowest BCUT2D eigenvalue weighted by molar-refractivity contribution is -0.384. The molecule has 0 aliphatic rings. The van der Waals surface area contributed by atoms with E-state index in [0.717, 1.165) is 6.42 Å². The maximum Gasteiger partial charge on any atom is 0.407 e. The number of aromatic carboxylic acids is 1. The van der Waals surface area contributed by atoms with Crippen molar-refractivity contribution in [2.24, 2.45) is 0 Å². The zero-order valence-electron chi connectivity index (χ0n) is 16.1. The van der Waals surface area contributed by atoms with E-state index in [1.807, 2.05) is 6.92 Å². The van der Waals surface area contributed by atoms with Gasteiger partial charge in [0.05, 0.1) is 10.5 Å². The molecule has 1 aromatic carbocycles. The molecular formula is C18H27N3O6. The number of hydrogen-bond acceptors (Lipinski definition) is 6. The molecule has 1 unspecified atom stereocenters. The van der Waals surface area contributed by atoms with Crippen LogP contribution in [0.1, 0.15) is 57.3 Å². The van der Waals surface area contributed by atoms with E-state index in [1.165, 1.54) is 18.2 Å². The molecule has 0 heterocycles. The number of nitrogens with one attached hydrogen (secondary N) is 2. The molecule has 0 radical (unpaired) electrons. The number of amides is 1. The standard InChI is InChI=1S/C18H27N3O6/c1-12(8-5-6-11-19-17(24)27-18(2,3)4)20-15-13(16(22)23)9-7-10-14(15)21(25)26/h7,9-10,12,20H,5-6,8,11H2,1-4H3,(H,19,24)(H,22,23). The Morgan fingerprint density at radius 3 is 2.52 bits per heavy atom. The highest BCUT2D eigenvalue weighted by Crippen LogP contribution is 2.29. The number of carbonyl (C=O) groups excluding carboxylic acids is 1. The molecule has 1 rings (SSSR count). The Bertz CT molecular complexity index is 652. The zero-order chi connectivity index (χ0) is 20.6. The molecule has 0 aliphatic carbocycles. The lowest BCUT2D eigenvalue weighted by Gasteiger charge is -2.20. The minimum absolute atomic E-state index is 0.00869. The van der Waals surface area contributed by atoms with Crippen LogP contribution in [0.4, 0.5) is 16.2 Å². The number of nitro groups is 1. The third-order valence-electron chi connectivity index (χ3n) is 3.59. The van der Waals surface area contributed by atoms with E-state index in [-0.39, 0.29) is 23.0 Å². The van der Waals surface area contributed by atoms with Gasteiger partial charge < -0.3 is 20.5 Å². The summed E-state index contributed by atoms with van der Waals surface area (Å²) in [7, 11) is 0. The Morgan fingerprint density at radius 1 is 1.30 bits per heavy atom. The highest BCUT2D eigenvalue weighted by Gasteiger charge is 2.22. The van der Waals surface area contributed by atoms with Gasteiger partial charge >= 0.3 is 12.1 Å². The van der Waals surface area contributed by atoms with Crippen molar-refractivity contribution in [3.8, 4) is 0 Å². The normalized spacial score (nSPS) is 12.1. The van der Waals surface area contributed by atoms with Crippen LogP contribution in [0.25, 0.3) is 0 Å². The van der Waals surface area contributed by atoms with Crippen LogP contribution in [0, 0.1) is 10.1 Å². The van der Waals surface area contributed by atoms with Crippen LogP contribution in [0.3, 0.4) is 0 Å². The van der Waals surface area contributed by atoms with Gasteiger partial charge in [-0.25, -0.2) is 9.59 Å². The summed E-state index contributed by atoms with van der Waals surface area (Å²) in [6.45, 7) is 7.63. The molecule has 150 valence electrons. The average molecular weight is 381 g/mol. The number of carbonyl (C=O) groups is 2. The number of ether oxygens (including phenoxy) is 1. The number of carboxylic acids is 1. The number of para-hydroxylation sites is 1. The zero-order valence-corrected chi connectivity index (χ0v) is 16.1. The van der Waals surface area contributed by atoms with Gasteiger partial charge in [-0.2, -0.15) is 0 Å². The molecule has 1 aromatic rings. The molecule has 1 atom stereocenters.